The molecule has 0 aliphatic carbocycles. The van der Waals surface area contributed by atoms with Gasteiger partial charge in [0.2, 0.25) is 7.59 Å². The minimum atomic E-state index is -2.15. The van der Waals surface area contributed by atoms with Gasteiger partial charge in [0.05, 0.1) is 0 Å². The van der Waals surface area contributed by atoms with Crippen LogP contribution in [0.15, 0.2) is 18.2 Å². The zero-order valence-electron chi connectivity index (χ0n) is 11.7. The van der Waals surface area contributed by atoms with Gasteiger partial charge in [0.15, 0.2) is 8.67 Å². The summed E-state index contributed by atoms with van der Waals surface area (Å²) in [5, 5.41) is 12.6. The number of hydrogen-bond donors (Lipinski definition) is 0. The molecule has 0 spiro atoms. The van der Waals surface area contributed by atoms with Crippen LogP contribution in [0.1, 0.15) is 36.1 Å². The first-order chi connectivity index (χ1) is 10.6. The van der Waals surface area contributed by atoms with Crippen molar-refractivity contribution in [1.82, 2.24) is 0 Å². The largest absolute Gasteiger partial charge is 0.228 e. The fraction of sp³-hybridized carbons (Fsp3) is 0.538. The summed E-state index contributed by atoms with van der Waals surface area (Å²) in [5.41, 5.74) is 0.0443. The Bertz CT molecular complexity index is 543. The lowest BCUT2D eigenvalue weighted by atomic mass is 9.91. The molecule has 1 aromatic carbocycles. The quantitative estimate of drug-likeness (QED) is 0.344. The Balaban J connectivity index is 3.82. The molecule has 1 rings (SSSR count). The predicted molar refractivity (Wildman–Crippen MR) is 108 cm³/mol. The Morgan fingerprint density at radius 3 is 1.38 bits per heavy atom. The average Bonchev–Trinajstić information content (AvgIpc) is 2.43. The topological polar surface area (TPSA) is 19.9 Å². The van der Waals surface area contributed by atoms with Gasteiger partial charge in [-0.25, -0.2) is 5.11 Å². The zero-order chi connectivity index (χ0) is 19.1. The second-order valence-electron chi connectivity index (χ2n) is 4.81. The van der Waals surface area contributed by atoms with E-state index in [0.717, 1.165) is 0 Å². The lowest BCUT2D eigenvalue weighted by Gasteiger charge is -2.35. The summed E-state index contributed by atoms with van der Waals surface area (Å²) in [6, 6.07) is 4.30. The highest BCUT2D eigenvalue weighted by Gasteiger charge is 2.53. The highest BCUT2D eigenvalue weighted by atomic mass is 35.6. The van der Waals surface area contributed by atoms with Gasteiger partial charge in [0.25, 0.3) is 0 Å². The van der Waals surface area contributed by atoms with E-state index in [-0.39, 0.29) is 23.1 Å². The molecule has 1 atom stereocenters. The van der Waals surface area contributed by atoms with E-state index in [9.17, 15) is 5.11 Å². The molecule has 11 heteroatoms. The van der Waals surface area contributed by atoms with E-state index in [1.165, 1.54) is 18.2 Å². The van der Waals surface area contributed by atoms with Gasteiger partial charge < -0.3 is 0 Å². The SMILES string of the molecule is CCC([O])c1c(C(Cl)(Cl)C(Cl)(Cl)Cl)cccc1C(Cl)(Cl)C(Cl)(Cl)Cl. The number of halogens is 10. The number of alkyl halides is 10. The molecule has 1 radical (unpaired) electrons. The van der Waals surface area contributed by atoms with Crippen molar-refractivity contribution in [2.24, 2.45) is 0 Å². The molecule has 24 heavy (non-hydrogen) atoms. The van der Waals surface area contributed by atoms with Gasteiger partial charge in [-0.3, -0.25) is 0 Å². The van der Waals surface area contributed by atoms with E-state index in [1.54, 1.807) is 6.92 Å². The van der Waals surface area contributed by atoms with Gasteiger partial charge in [-0.2, -0.15) is 0 Å². The van der Waals surface area contributed by atoms with Gasteiger partial charge in [0.1, 0.15) is 6.10 Å². The Morgan fingerprint density at radius 2 is 1.12 bits per heavy atom. The third-order valence-corrected chi connectivity index (χ3v) is 8.00. The molecule has 137 valence electrons. The van der Waals surface area contributed by atoms with E-state index in [0.29, 0.717) is 0 Å². The molecule has 0 saturated heterocycles. The van der Waals surface area contributed by atoms with Crippen LogP contribution < -0.4 is 0 Å². The van der Waals surface area contributed by atoms with Gasteiger partial charge >= 0.3 is 0 Å². The first-order valence-corrected chi connectivity index (χ1v) is 10.1. The summed E-state index contributed by atoms with van der Waals surface area (Å²) in [4.78, 5) is 0. The Morgan fingerprint density at radius 1 is 0.792 bits per heavy atom. The van der Waals surface area contributed by atoms with Gasteiger partial charge in [-0.1, -0.05) is 141 Å². The minimum Gasteiger partial charge on any atom is -0.228 e. The van der Waals surface area contributed by atoms with E-state index >= 15 is 0 Å². The molecule has 1 aromatic rings. The number of rotatable bonds is 4. The van der Waals surface area contributed by atoms with Crippen LogP contribution >= 0.6 is 116 Å². The van der Waals surface area contributed by atoms with Gasteiger partial charge in [-0.05, 0) is 23.1 Å². The Labute approximate surface area is 190 Å². The molecule has 1 nitrogen and oxygen atoms in total. The molecule has 0 heterocycles. The maximum Gasteiger partial charge on any atom is 0.227 e. The van der Waals surface area contributed by atoms with Crippen LogP contribution in [0.4, 0.5) is 0 Å². The normalized spacial score (nSPS) is 15.5. The molecule has 0 fully saturated rings. The van der Waals surface area contributed by atoms with Crippen molar-refractivity contribution in [2.45, 2.75) is 35.7 Å². The molecule has 0 N–H and O–H groups in total. The maximum atomic E-state index is 12.6. The maximum absolute atomic E-state index is 12.6. The molecule has 0 saturated carbocycles. The fourth-order valence-electron chi connectivity index (χ4n) is 1.97. The van der Waals surface area contributed by atoms with E-state index in [4.69, 9.17) is 116 Å². The number of benzene rings is 1. The lowest BCUT2D eigenvalue weighted by molar-refractivity contribution is 0.0837. The van der Waals surface area contributed by atoms with Crippen LogP contribution in [0.2, 0.25) is 0 Å². The average molecular weight is 536 g/mol. The van der Waals surface area contributed by atoms with Crippen molar-refractivity contribution < 1.29 is 5.11 Å². The van der Waals surface area contributed by atoms with Crippen molar-refractivity contribution in [2.75, 3.05) is 0 Å². The van der Waals surface area contributed by atoms with Crippen molar-refractivity contribution in [3.63, 3.8) is 0 Å². The second-order valence-corrected chi connectivity index (χ2v) is 12.0. The van der Waals surface area contributed by atoms with E-state index in [2.05, 4.69) is 0 Å². The van der Waals surface area contributed by atoms with E-state index < -0.39 is 22.4 Å². The summed E-state index contributed by atoms with van der Waals surface area (Å²) < 4.78 is -8.45. The molecule has 0 aromatic heterocycles. The second kappa shape index (κ2) is 8.21. The van der Waals surface area contributed by atoms with Crippen molar-refractivity contribution in [1.29, 1.82) is 0 Å². The summed E-state index contributed by atoms with van der Waals surface area (Å²) in [5.74, 6) is 0. The smallest absolute Gasteiger partial charge is 0.227 e. The fourth-order valence-corrected chi connectivity index (χ4v) is 3.24. The highest BCUT2D eigenvalue weighted by Crippen LogP contribution is 2.58. The first-order valence-electron chi connectivity index (χ1n) is 6.27. The van der Waals surface area contributed by atoms with Gasteiger partial charge in [-0.15, -0.1) is 0 Å². The molecular formula is C13H9Cl10O. The standard InChI is InChI=1S/C13H9Cl10O/c1-2-8(24)9-6(10(14,15)12(18,19)20)4-3-5-7(9)11(16,17)13(21,22)23/h3-5,8H,2H2,1H3. The van der Waals surface area contributed by atoms with Crippen LogP contribution in [-0.2, 0) is 13.8 Å². The zero-order valence-corrected chi connectivity index (χ0v) is 19.3. The van der Waals surface area contributed by atoms with Crippen LogP contribution in [-0.4, -0.2) is 7.59 Å². The molecule has 0 aliphatic heterocycles. The highest BCUT2D eigenvalue weighted by molar-refractivity contribution is 6.76. The Kier molecular flexibility index (Phi) is 8.25. The summed E-state index contributed by atoms with van der Waals surface area (Å²) in [7, 11) is 0. The lowest BCUT2D eigenvalue weighted by Crippen LogP contribution is -2.34. The van der Waals surface area contributed by atoms with Crippen LogP contribution in [0, 0.1) is 0 Å². The van der Waals surface area contributed by atoms with Crippen LogP contribution in [0.5, 0.6) is 0 Å². The molecule has 1 unspecified atom stereocenters. The third-order valence-electron chi connectivity index (χ3n) is 3.19. The van der Waals surface area contributed by atoms with Gasteiger partial charge in [0, 0.05) is 0 Å². The predicted octanol–water partition coefficient (Wildman–Crippen LogP) is 8.57. The number of hydrogen-bond acceptors (Lipinski definition) is 0. The van der Waals surface area contributed by atoms with Crippen LogP contribution in [0.25, 0.3) is 0 Å². The minimum absolute atomic E-state index is 0.00708. The summed E-state index contributed by atoms with van der Waals surface area (Å²) in [6.07, 6.45) is -1.22. The van der Waals surface area contributed by atoms with Crippen molar-refractivity contribution in [3.8, 4) is 0 Å². The van der Waals surface area contributed by atoms with Crippen molar-refractivity contribution >= 4 is 116 Å². The molecule has 0 aliphatic rings. The van der Waals surface area contributed by atoms with Crippen molar-refractivity contribution in [3.05, 3.63) is 34.9 Å². The third kappa shape index (κ3) is 4.73. The Hall–Kier alpha value is 2.08. The molecular weight excluding hydrogens is 527 g/mol. The summed E-state index contributed by atoms with van der Waals surface area (Å²) >= 11 is 60.0. The molecule has 0 amide bonds. The molecule has 0 bridgehead atoms. The summed E-state index contributed by atoms with van der Waals surface area (Å²) in [6.45, 7) is 1.64. The monoisotopic (exact) mass is 531 g/mol. The van der Waals surface area contributed by atoms with E-state index in [1.807, 2.05) is 0 Å². The van der Waals surface area contributed by atoms with Crippen LogP contribution in [0.3, 0.4) is 0 Å². The first kappa shape index (κ1) is 24.1.